The molecule has 1 fully saturated rings. The van der Waals surface area contributed by atoms with Gasteiger partial charge >= 0.3 is 0 Å². The topological polar surface area (TPSA) is 73.4 Å². The van der Waals surface area contributed by atoms with Gasteiger partial charge in [-0.25, -0.2) is 9.97 Å². The molecule has 1 amide bonds. The van der Waals surface area contributed by atoms with E-state index in [4.69, 9.17) is 0 Å². The van der Waals surface area contributed by atoms with Crippen LogP contribution in [0.15, 0.2) is 42.7 Å². The molecule has 27 heavy (non-hydrogen) atoms. The molecule has 1 aromatic heterocycles. The van der Waals surface area contributed by atoms with Crippen molar-refractivity contribution in [1.82, 2.24) is 20.2 Å². The number of aryl methyl sites for hydroxylation is 1. The minimum absolute atomic E-state index is 0.0526. The van der Waals surface area contributed by atoms with Crippen LogP contribution in [0.4, 0.5) is 11.6 Å². The van der Waals surface area contributed by atoms with Gasteiger partial charge in [-0.1, -0.05) is 12.1 Å². The van der Waals surface area contributed by atoms with Crippen LogP contribution in [0.5, 0.6) is 0 Å². The monoisotopic (exact) mass is 368 g/mol. The van der Waals surface area contributed by atoms with Gasteiger partial charge in [0.15, 0.2) is 0 Å². The van der Waals surface area contributed by atoms with Crippen molar-refractivity contribution in [2.45, 2.75) is 13.3 Å². The van der Waals surface area contributed by atoms with E-state index >= 15 is 0 Å². The van der Waals surface area contributed by atoms with Crippen molar-refractivity contribution in [1.29, 1.82) is 0 Å². The third-order valence-electron chi connectivity index (χ3n) is 4.69. The lowest BCUT2D eigenvalue weighted by atomic mass is 10.2. The molecule has 0 unspecified atom stereocenters. The highest BCUT2D eigenvalue weighted by molar-refractivity contribution is 5.76. The fourth-order valence-corrected chi connectivity index (χ4v) is 3.17. The summed E-state index contributed by atoms with van der Waals surface area (Å²) in [5.41, 5.74) is 2.60. The van der Waals surface area contributed by atoms with Gasteiger partial charge in [-0.05, 0) is 30.7 Å². The molecule has 2 N–H and O–H groups in total. The quantitative estimate of drug-likeness (QED) is 0.736. The van der Waals surface area contributed by atoms with E-state index in [1.54, 1.807) is 18.5 Å². The average Bonchev–Trinajstić information content (AvgIpc) is 2.69. The molecule has 2 aromatic rings. The third-order valence-corrected chi connectivity index (χ3v) is 4.69. The van der Waals surface area contributed by atoms with Gasteiger partial charge in [-0.2, -0.15) is 0 Å². The fourth-order valence-electron chi connectivity index (χ4n) is 3.17. The molecule has 7 nitrogen and oxygen atoms in total. The molecule has 0 spiro atoms. The van der Waals surface area contributed by atoms with Crippen LogP contribution >= 0.6 is 0 Å². The van der Waals surface area contributed by atoms with Crippen molar-refractivity contribution in [3.8, 4) is 0 Å². The van der Waals surface area contributed by atoms with Gasteiger partial charge in [-0.3, -0.25) is 9.69 Å². The number of amides is 1. The Kier molecular flexibility index (Phi) is 6.98. The second kappa shape index (κ2) is 9.87. The summed E-state index contributed by atoms with van der Waals surface area (Å²) in [5, 5.41) is 6.03. The number of rotatable bonds is 8. The zero-order chi connectivity index (χ0) is 18.9. The Hall–Kier alpha value is -2.67. The number of carbonyl (C=O) groups is 1. The first kappa shape index (κ1) is 19.1. The summed E-state index contributed by atoms with van der Waals surface area (Å²) in [5.74, 6) is 0.605. The molecule has 0 aliphatic carbocycles. The van der Waals surface area contributed by atoms with Crippen molar-refractivity contribution >= 4 is 17.5 Å². The zero-order valence-electron chi connectivity index (χ0n) is 15.9. The maximum absolute atomic E-state index is 11.9. The first-order valence-electron chi connectivity index (χ1n) is 9.52. The van der Waals surface area contributed by atoms with Crippen molar-refractivity contribution in [2.75, 3.05) is 56.0 Å². The molecule has 1 saturated heterocycles. The van der Waals surface area contributed by atoms with E-state index in [-0.39, 0.29) is 5.91 Å². The van der Waals surface area contributed by atoms with E-state index in [2.05, 4.69) is 61.6 Å². The highest BCUT2D eigenvalue weighted by atomic mass is 16.1. The number of carbonyl (C=O) groups excluding carboxylic acids is 1. The van der Waals surface area contributed by atoms with Gasteiger partial charge in [0.05, 0.1) is 0 Å². The molecule has 2 heterocycles. The molecule has 1 aliphatic heterocycles. The molecular weight excluding hydrogens is 340 g/mol. The molecule has 7 heteroatoms. The minimum atomic E-state index is 0.0526. The van der Waals surface area contributed by atoms with Crippen molar-refractivity contribution in [3.63, 3.8) is 0 Å². The van der Waals surface area contributed by atoms with Crippen LogP contribution in [0.2, 0.25) is 0 Å². The normalized spacial score (nSPS) is 14.8. The van der Waals surface area contributed by atoms with Crippen LogP contribution in [-0.4, -0.2) is 66.6 Å². The molecule has 0 saturated carbocycles. The predicted molar refractivity (Wildman–Crippen MR) is 108 cm³/mol. The van der Waals surface area contributed by atoms with Gasteiger partial charge < -0.3 is 15.5 Å². The summed E-state index contributed by atoms with van der Waals surface area (Å²) in [7, 11) is 0. The maximum Gasteiger partial charge on any atom is 0.222 e. The van der Waals surface area contributed by atoms with E-state index in [0.29, 0.717) is 25.5 Å². The maximum atomic E-state index is 11.9. The first-order chi connectivity index (χ1) is 13.2. The van der Waals surface area contributed by atoms with Crippen LogP contribution < -0.4 is 15.5 Å². The van der Waals surface area contributed by atoms with Gasteiger partial charge in [0.2, 0.25) is 11.9 Å². The van der Waals surface area contributed by atoms with Crippen LogP contribution in [0.1, 0.15) is 12.0 Å². The lowest BCUT2D eigenvalue weighted by Gasteiger charge is -2.36. The van der Waals surface area contributed by atoms with E-state index in [1.807, 2.05) is 0 Å². The van der Waals surface area contributed by atoms with Crippen LogP contribution in [0.3, 0.4) is 0 Å². The highest BCUT2D eigenvalue weighted by Gasteiger charge is 2.17. The Balaban J connectivity index is 1.28. The third kappa shape index (κ3) is 6.21. The number of nitrogens with one attached hydrogen (secondary N) is 2. The number of hydrogen-bond donors (Lipinski definition) is 2. The molecule has 144 valence electrons. The Morgan fingerprint density at radius 3 is 2.59 bits per heavy atom. The minimum Gasteiger partial charge on any atom is -0.369 e. The summed E-state index contributed by atoms with van der Waals surface area (Å²) in [4.78, 5) is 24.9. The molecule has 0 bridgehead atoms. The van der Waals surface area contributed by atoms with Crippen LogP contribution in [0.25, 0.3) is 0 Å². The van der Waals surface area contributed by atoms with Crippen molar-refractivity contribution < 1.29 is 4.79 Å². The average molecular weight is 368 g/mol. The summed E-state index contributed by atoms with van der Waals surface area (Å²) < 4.78 is 0. The second-order valence-electron chi connectivity index (χ2n) is 6.77. The standard InChI is InChI=1S/C20H28N6O/c1-17-4-2-5-18(16-17)26-14-12-25(13-15-26)11-10-21-19(27)6-9-24-20-22-7-3-8-23-20/h2-5,7-8,16H,6,9-15H2,1H3,(H,21,27)(H,22,23,24). The zero-order valence-corrected chi connectivity index (χ0v) is 15.9. The number of piperazine rings is 1. The SMILES string of the molecule is Cc1cccc(N2CCN(CCNC(=O)CCNc3ncccn3)CC2)c1. The summed E-state index contributed by atoms with van der Waals surface area (Å²) in [6.45, 7) is 8.34. The molecule has 3 rings (SSSR count). The smallest absolute Gasteiger partial charge is 0.222 e. The van der Waals surface area contributed by atoms with Gasteiger partial charge in [0, 0.05) is 70.3 Å². The second-order valence-corrected chi connectivity index (χ2v) is 6.77. The van der Waals surface area contributed by atoms with Crippen LogP contribution in [-0.2, 0) is 4.79 Å². The number of hydrogen-bond acceptors (Lipinski definition) is 6. The Morgan fingerprint density at radius 2 is 1.85 bits per heavy atom. The van der Waals surface area contributed by atoms with Gasteiger partial charge in [-0.15, -0.1) is 0 Å². The number of aromatic nitrogens is 2. The lowest BCUT2D eigenvalue weighted by molar-refractivity contribution is -0.120. The van der Waals surface area contributed by atoms with E-state index in [9.17, 15) is 4.79 Å². The molecule has 0 atom stereocenters. The highest BCUT2D eigenvalue weighted by Crippen LogP contribution is 2.17. The Labute approximate surface area is 160 Å². The largest absolute Gasteiger partial charge is 0.369 e. The van der Waals surface area contributed by atoms with E-state index < -0.39 is 0 Å². The van der Waals surface area contributed by atoms with Crippen molar-refractivity contribution in [2.24, 2.45) is 0 Å². The lowest BCUT2D eigenvalue weighted by Crippen LogP contribution is -2.48. The summed E-state index contributed by atoms with van der Waals surface area (Å²) in [6.07, 6.45) is 3.77. The molecular formula is C20H28N6O. The van der Waals surface area contributed by atoms with Crippen molar-refractivity contribution in [3.05, 3.63) is 48.3 Å². The fraction of sp³-hybridized carbons (Fsp3) is 0.450. The van der Waals surface area contributed by atoms with Crippen LogP contribution in [0, 0.1) is 6.92 Å². The van der Waals surface area contributed by atoms with Gasteiger partial charge in [0.1, 0.15) is 0 Å². The molecule has 1 aliphatic rings. The Bertz CT molecular complexity index is 715. The summed E-state index contributed by atoms with van der Waals surface area (Å²) >= 11 is 0. The van der Waals surface area contributed by atoms with E-state index in [1.165, 1.54) is 11.3 Å². The predicted octanol–water partition coefficient (Wildman–Crippen LogP) is 1.53. The number of benzene rings is 1. The number of anilines is 2. The summed E-state index contributed by atoms with van der Waals surface area (Å²) in [6, 6.07) is 10.4. The van der Waals surface area contributed by atoms with Gasteiger partial charge in [0.25, 0.3) is 0 Å². The Morgan fingerprint density at radius 1 is 1.07 bits per heavy atom. The number of nitrogens with zero attached hydrogens (tertiary/aromatic N) is 4. The van der Waals surface area contributed by atoms with E-state index in [0.717, 1.165) is 32.7 Å². The molecule has 1 aromatic carbocycles. The first-order valence-corrected chi connectivity index (χ1v) is 9.52. The molecule has 0 radical (unpaired) electrons.